The molecule has 0 radical (unpaired) electrons. The number of hydrogen-bond acceptors (Lipinski definition) is 30. The molecule has 3 unspecified atom stereocenters. The normalized spacial score (nSPS) is 33.1. The predicted molar refractivity (Wildman–Crippen MR) is 235 cm³/mol. The van der Waals surface area contributed by atoms with Crippen LogP contribution >= 0.6 is 0 Å². The molecule has 3 rings (SSSR count). The summed E-state index contributed by atoms with van der Waals surface area (Å²) < 4.78 is 115. The minimum Gasteiger partial charge on any atom is -0.726 e. The van der Waals surface area contributed by atoms with Gasteiger partial charge in [-0.25, -0.2) is 25.3 Å². The third kappa shape index (κ3) is 21.6. The van der Waals surface area contributed by atoms with E-state index < -0.39 is 210 Å². The van der Waals surface area contributed by atoms with Crippen LogP contribution in [0.5, 0.6) is 0 Å². The molecule has 3 fully saturated rings. The van der Waals surface area contributed by atoms with Crippen LogP contribution in [0.25, 0.3) is 0 Å². The number of aliphatic hydroxyl groups is 17. The summed E-state index contributed by atoms with van der Waals surface area (Å²) in [5, 5.41) is 159. The van der Waals surface area contributed by atoms with Crippen molar-refractivity contribution >= 4 is 63.9 Å². The van der Waals surface area contributed by atoms with Gasteiger partial charge in [-0.1, -0.05) is 6.92 Å². The lowest BCUT2D eigenvalue weighted by Gasteiger charge is -2.31. The zero-order valence-corrected chi connectivity index (χ0v) is 41.7. The first-order chi connectivity index (χ1) is 31.8. The highest BCUT2D eigenvalue weighted by molar-refractivity contribution is 7.98. The lowest BCUT2D eigenvalue weighted by atomic mass is 10.0. The van der Waals surface area contributed by atoms with Crippen molar-refractivity contribution in [1.29, 1.82) is 0 Å². The van der Waals surface area contributed by atoms with Crippen LogP contribution in [0.1, 0.15) is 6.92 Å². The Kier molecular flexibility index (Phi) is 29.6. The van der Waals surface area contributed by atoms with Gasteiger partial charge >= 0.3 is 0 Å². The maximum atomic E-state index is 10.9. The van der Waals surface area contributed by atoms with Gasteiger partial charge in [0.1, 0.15) is 126 Å². The van der Waals surface area contributed by atoms with Crippen molar-refractivity contribution in [1.82, 2.24) is 0 Å². The molecule has 22 atom stereocenters. The summed E-state index contributed by atoms with van der Waals surface area (Å²) in [7, 11) is -16.8. The van der Waals surface area contributed by atoms with Gasteiger partial charge in [-0.2, -0.15) is 0 Å². The molecule has 3 saturated heterocycles. The minimum atomic E-state index is -5.27. The first kappa shape index (κ1) is 67.0. The maximum absolute atomic E-state index is 10.9. The summed E-state index contributed by atoms with van der Waals surface area (Å²) in [5.74, 6) is -0.334. The third-order valence-electron chi connectivity index (χ3n) is 10.9. The fourth-order valence-corrected chi connectivity index (χ4v) is 17.4. The van der Waals surface area contributed by atoms with Crippen LogP contribution in [0, 0.1) is 5.92 Å². The van der Waals surface area contributed by atoms with Gasteiger partial charge in [-0.05, 0) is 10.9 Å². The van der Waals surface area contributed by atoms with E-state index in [-0.39, 0.29) is 41.1 Å². The second kappa shape index (κ2) is 30.5. The predicted octanol–water partition coefficient (Wildman–Crippen LogP) is -12.9. The molecule has 30 nitrogen and oxygen atoms in total. The van der Waals surface area contributed by atoms with E-state index in [1.807, 2.05) is 0 Å². The van der Waals surface area contributed by atoms with Crippen LogP contribution in [0.2, 0.25) is 0 Å². The van der Waals surface area contributed by atoms with E-state index >= 15 is 0 Å². The fraction of sp³-hybridized carbons (Fsp3) is 1.00. The molecule has 0 aromatic heterocycles. The van der Waals surface area contributed by atoms with Crippen molar-refractivity contribution < 1.29 is 143 Å². The van der Waals surface area contributed by atoms with Gasteiger partial charge in [0.15, 0.2) is 15.7 Å². The summed E-state index contributed by atoms with van der Waals surface area (Å²) in [5.41, 5.74) is 0. The third-order valence-corrected chi connectivity index (χ3v) is 20.9. The van der Waals surface area contributed by atoms with Crippen LogP contribution in [0.3, 0.4) is 0 Å². The first-order valence-electron chi connectivity index (χ1n) is 20.3. The summed E-state index contributed by atoms with van der Waals surface area (Å²) in [6.45, 7) is -2.37. The summed E-state index contributed by atoms with van der Waals surface area (Å²) in [6.07, 6.45) is -21.8. The Labute approximate surface area is 406 Å². The average Bonchev–Trinajstić information content (AvgIpc) is 3.81. The highest BCUT2D eigenvalue weighted by Gasteiger charge is 2.54. The van der Waals surface area contributed by atoms with Gasteiger partial charge in [0.05, 0.1) is 39.6 Å². The molecule has 3 heterocycles. The molecule has 36 heteroatoms. The van der Waals surface area contributed by atoms with Crippen molar-refractivity contribution in [2.24, 2.45) is 5.92 Å². The van der Waals surface area contributed by atoms with E-state index in [9.17, 15) is 110 Å². The Balaban J connectivity index is 0.000000519. The maximum Gasteiger partial charge on any atom is 0.218 e. The van der Waals surface area contributed by atoms with Gasteiger partial charge in [0.2, 0.25) is 31.2 Å². The molecule has 0 aromatic rings. The van der Waals surface area contributed by atoms with Crippen molar-refractivity contribution in [2.75, 3.05) is 81.3 Å². The standard InChI is InChI=1S/C12H24O11S2.C11H22O9S2.C10H20O10S2/c1-22-8(5-24-4-7(16)10(17)9(24)3-14)12(23-25(19,20)21)11(18)6(15)2-13;1-6(11(7(14)2-12)20-22(17,18)19)4-21-5-8(15)10(16)9(21)3-13;11-1-5(13)10(20-22(17,18)19)7(15)4-21-3-6(14)9(16)8(21)2-12/h6-18H,2-5H2,1H3;6-16H,2-5H2,1H3;5-16H,1-4H2/t6-,7-,8-,9-,10+,11-,12-,24?;6-,7-,8-,9-,10+,11-,21?;5-,6-,7-,8-,9+,10+,21?/m111/s1. The van der Waals surface area contributed by atoms with E-state index in [1.165, 1.54) is 6.92 Å². The summed E-state index contributed by atoms with van der Waals surface area (Å²) >= 11 is 0. The van der Waals surface area contributed by atoms with Crippen LogP contribution < -0.4 is 0 Å². The van der Waals surface area contributed by atoms with E-state index in [2.05, 4.69) is 12.5 Å². The second-order valence-electron chi connectivity index (χ2n) is 15.9. The molecule has 0 aromatic carbocycles. The molecule has 69 heavy (non-hydrogen) atoms. The van der Waals surface area contributed by atoms with E-state index in [0.29, 0.717) is 0 Å². The lowest BCUT2D eigenvalue weighted by Crippen LogP contribution is -2.52. The van der Waals surface area contributed by atoms with Crippen LogP contribution in [-0.4, -0.2) is 314 Å². The topological polar surface area (TPSA) is 552 Å². The Morgan fingerprint density at radius 1 is 0.493 bits per heavy atom. The molecule has 3 aliphatic rings. The lowest BCUT2D eigenvalue weighted by molar-refractivity contribution is -0.108. The Morgan fingerprint density at radius 2 is 0.812 bits per heavy atom. The van der Waals surface area contributed by atoms with Gasteiger partial charge in [-0.3, -0.25) is 12.5 Å². The van der Waals surface area contributed by atoms with Crippen molar-refractivity contribution in [3.63, 3.8) is 0 Å². The quantitative estimate of drug-likeness (QED) is 0.0217. The van der Waals surface area contributed by atoms with Gasteiger partial charge < -0.3 is 105 Å². The summed E-state index contributed by atoms with van der Waals surface area (Å²) in [4.78, 5) is 0. The summed E-state index contributed by atoms with van der Waals surface area (Å²) in [6, 6.07) is 0. The highest BCUT2D eigenvalue weighted by atomic mass is 32.3. The highest BCUT2D eigenvalue weighted by Crippen LogP contribution is 2.30. The smallest absolute Gasteiger partial charge is 0.218 e. The zero-order chi connectivity index (χ0) is 53.5. The Bertz CT molecular complexity index is 1710. The van der Waals surface area contributed by atoms with Crippen LogP contribution in [0.15, 0.2) is 0 Å². The van der Waals surface area contributed by atoms with Crippen molar-refractivity contribution in [3.05, 3.63) is 0 Å². The van der Waals surface area contributed by atoms with Crippen molar-refractivity contribution in [3.8, 4) is 0 Å². The Morgan fingerprint density at radius 3 is 1.14 bits per heavy atom. The van der Waals surface area contributed by atoms with Gasteiger partial charge in [0.25, 0.3) is 0 Å². The van der Waals surface area contributed by atoms with Crippen molar-refractivity contribution in [2.45, 2.75) is 114 Å². The molecular formula is C33H66O30S6. The van der Waals surface area contributed by atoms with Gasteiger partial charge in [0, 0.05) is 34.8 Å². The molecule has 414 valence electrons. The second-order valence-corrected chi connectivity index (χ2v) is 26.0. The molecule has 0 amide bonds. The fourth-order valence-electron chi connectivity index (χ4n) is 7.33. The largest absolute Gasteiger partial charge is 0.726 e. The van der Waals surface area contributed by atoms with Crippen LogP contribution in [0.4, 0.5) is 0 Å². The number of aliphatic hydroxyl groups excluding tert-OH is 17. The zero-order valence-electron chi connectivity index (χ0n) is 36.8. The molecule has 17 N–H and O–H groups in total. The number of rotatable bonds is 26. The number of hydrogen-bond donors (Lipinski definition) is 17. The SMILES string of the molecule is CO[C@H](C[S+]1C[C@@H](O)[C@H](O)[C@H]1CO)[C@@H](OS(=O)(=O)[O-])[C@H](O)[C@H](O)CO.C[C@H](C[S+]1C[C@@H](O)[C@H](O)[C@H]1CO)[C@@H](OS(=O)(=O)[O-])[C@H](O)CO.O=S(=O)([O-])O[C@@H]([C@H](O)CO)[C@H](O)C[S+]1C[C@@H](O)[C@H](O)[C@H]1CO. The minimum absolute atomic E-state index is 0.0642. The van der Waals surface area contributed by atoms with Crippen LogP contribution in [-0.2, 0) is 81.2 Å². The molecule has 0 bridgehead atoms. The average molecular weight is 1140 g/mol. The van der Waals surface area contributed by atoms with E-state index in [0.717, 1.165) is 7.11 Å². The van der Waals surface area contributed by atoms with E-state index in [1.54, 1.807) is 0 Å². The monoisotopic (exact) mass is 1130 g/mol. The molecule has 3 aliphatic heterocycles. The number of ether oxygens (including phenoxy) is 1. The molecular weight excluding hydrogens is 1070 g/mol. The van der Waals surface area contributed by atoms with E-state index in [4.69, 9.17) is 20.1 Å². The Hall–Kier alpha value is -0.0600. The van der Waals surface area contributed by atoms with Gasteiger partial charge in [-0.15, -0.1) is 0 Å². The molecule has 0 spiro atoms. The molecule has 0 aliphatic carbocycles. The first-order valence-corrected chi connectivity index (χ1v) is 29.2. The molecule has 0 saturated carbocycles. The number of methoxy groups -OCH3 is 1.